The van der Waals surface area contributed by atoms with E-state index >= 15 is 0 Å². The first-order valence-electron chi connectivity index (χ1n) is 7.48. The number of nitrogens with two attached hydrogens (primary N) is 1. The van der Waals surface area contributed by atoms with Crippen LogP contribution in [-0.4, -0.2) is 7.11 Å². The largest absolute Gasteiger partial charge is 0.497 e. The molecule has 3 rings (SSSR count). The van der Waals surface area contributed by atoms with Crippen LogP contribution in [0.5, 0.6) is 5.75 Å². The summed E-state index contributed by atoms with van der Waals surface area (Å²) in [6.45, 7) is 0. The minimum Gasteiger partial charge on any atom is -0.497 e. The first-order valence-corrected chi connectivity index (χ1v) is 7.48. The number of hydrogen-bond donors (Lipinski definition) is 1. The quantitative estimate of drug-likeness (QED) is 0.940. The van der Waals surface area contributed by atoms with Crippen LogP contribution in [-0.2, 0) is 4.74 Å². The second kappa shape index (κ2) is 6.45. The number of hydrogen-bond acceptors (Lipinski definition) is 4. The number of ether oxygens (including phenoxy) is 2. The lowest BCUT2D eigenvalue weighted by Crippen LogP contribution is -2.23. The second-order valence-corrected chi connectivity index (χ2v) is 5.47. The maximum absolute atomic E-state index is 9.46. The van der Waals surface area contributed by atoms with E-state index < -0.39 is 0 Å². The molecule has 0 fully saturated rings. The lowest BCUT2D eigenvalue weighted by atomic mass is 9.83. The van der Waals surface area contributed by atoms with Crippen LogP contribution in [0.15, 0.2) is 66.1 Å². The first-order chi connectivity index (χ1) is 11.2. The van der Waals surface area contributed by atoms with Gasteiger partial charge in [0.2, 0.25) is 0 Å². The first kappa shape index (κ1) is 15.0. The van der Waals surface area contributed by atoms with Gasteiger partial charge in [-0.1, -0.05) is 42.5 Å². The van der Waals surface area contributed by atoms with Gasteiger partial charge in [-0.05, 0) is 23.3 Å². The van der Waals surface area contributed by atoms with Crippen LogP contribution < -0.4 is 10.5 Å². The maximum Gasteiger partial charge on any atom is 0.199 e. The molecule has 0 unspecified atom stereocenters. The van der Waals surface area contributed by atoms with Crippen molar-refractivity contribution in [2.75, 3.05) is 7.11 Å². The third-order valence-electron chi connectivity index (χ3n) is 4.14. The van der Waals surface area contributed by atoms with E-state index in [4.69, 9.17) is 15.2 Å². The van der Waals surface area contributed by atoms with Crippen molar-refractivity contribution in [2.45, 2.75) is 18.4 Å². The van der Waals surface area contributed by atoms with E-state index in [1.807, 2.05) is 54.6 Å². The minimum atomic E-state index is -0.152. The summed E-state index contributed by atoms with van der Waals surface area (Å²) < 4.78 is 11.0. The Morgan fingerprint density at radius 3 is 2.39 bits per heavy atom. The van der Waals surface area contributed by atoms with Crippen LogP contribution in [0.2, 0.25) is 0 Å². The standard InChI is InChI=1S/C19H18N2O2/c1-22-15-9-7-13(8-10-15)16-11-18(14-5-3-2-4-6-14)23-19(21)17(16)12-20/h2-10,16,18H,11,21H2,1H3/t16-,18+/m1/s1. The van der Waals surface area contributed by atoms with Crippen LogP contribution in [0, 0.1) is 11.3 Å². The third-order valence-corrected chi connectivity index (χ3v) is 4.14. The van der Waals surface area contributed by atoms with Crippen molar-refractivity contribution in [2.24, 2.45) is 5.73 Å². The van der Waals surface area contributed by atoms with Crippen molar-refractivity contribution < 1.29 is 9.47 Å². The fourth-order valence-corrected chi connectivity index (χ4v) is 2.91. The van der Waals surface area contributed by atoms with Gasteiger partial charge in [-0.2, -0.15) is 5.26 Å². The molecule has 0 aliphatic carbocycles. The predicted octanol–water partition coefficient (Wildman–Crippen LogP) is 3.63. The zero-order valence-electron chi connectivity index (χ0n) is 12.9. The van der Waals surface area contributed by atoms with E-state index in [2.05, 4.69) is 6.07 Å². The number of benzene rings is 2. The molecule has 116 valence electrons. The average molecular weight is 306 g/mol. The highest BCUT2D eigenvalue weighted by Gasteiger charge is 2.31. The number of methoxy groups -OCH3 is 1. The zero-order valence-corrected chi connectivity index (χ0v) is 12.9. The smallest absolute Gasteiger partial charge is 0.199 e. The Bertz CT molecular complexity index is 745. The van der Waals surface area contributed by atoms with Crippen molar-refractivity contribution in [3.63, 3.8) is 0 Å². The van der Waals surface area contributed by atoms with Gasteiger partial charge in [0, 0.05) is 12.3 Å². The molecule has 4 heteroatoms. The Kier molecular flexibility index (Phi) is 4.20. The summed E-state index contributed by atoms with van der Waals surface area (Å²) in [7, 11) is 1.63. The molecule has 1 heterocycles. The van der Waals surface area contributed by atoms with Gasteiger partial charge in [-0.15, -0.1) is 0 Å². The number of nitrogens with zero attached hydrogens (tertiary/aromatic N) is 1. The number of nitriles is 1. The van der Waals surface area contributed by atoms with E-state index in [1.165, 1.54) is 0 Å². The normalized spacial score (nSPS) is 20.5. The molecule has 23 heavy (non-hydrogen) atoms. The summed E-state index contributed by atoms with van der Waals surface area (Å²) in [5.41, 5.74) is 8.60. The Hall–Kier alpha value is -2.93. The summed E-state index contributed by atoms with van der Waals surface area (Å²) in [5, 5.41) is 9.46. The van der Waals surface area contributed by atoms with Crippen LogP contribution >= 0.6 is 0 Å². The number of allylic oxidation sites excluding steroid dienone is 1. The Balaban J connectivity index is 1.96. The molecule has 2 atom stereocenters. The predicted molar refractivity (Wildman–Crippen MR) is 87.4 cm³/mol. The molecule has 4 nitrogen and oxygen atoms in total. The molecule has 1 aliphatic heterocycles. The monoisotopic (exact) mass is 306 g/mol. The zero-order chi connectivity index (χ0) is 16.2. The molecule has 2 aromatic carbocycles. The Morgan fingerprint density at radius 2 is 1.78 bits per heavy atom. The van der Waals surface area contributed by atoms with E-state index in [9.17, 15) is 5.26 Å². The van der Waals surface area contributed by atoms with E-state index in [-0.39, 0.29) is 17.9 Å². The third kappa shape index (κ3) is 3.00. The van der Waals surface area contributed by atoms with Gasteiger partial charge in [0.05, 0.1) is 12.7 Å². The van der Waals surface area contributed by atoms with Crippen molar-refractivity contribution in [1.29, 1.82) is 5.26 Å². The lowest BCUT2D eigenvalue weighted by molar-refractivity contribution is 0.0838. The van der Waals surface area contributed by atoms with E-state index in [1.54, 1.807) is 7.11 Å². The van der Waals surface area contributed by atoms with Gasteiger partial charge in [0.15, 0.2) is 5.88 Å². The van der Waals surface area contributed by atoms with Crippen molar-refractivity contribution >= 4 is 0 Å². The molecule has 0 aromatic heterocycles. The van der Waals surface area contributed by atoms with E-state index in [0.717, 1.165) is 16.9 Å². The van der Waals surface area contributed by atoms with Crippen LogP contribution in [0.4, 0.5) is 0 Å². The summed E-state index contributed by atoms with van der Waals surface area (Å²) in [6, 6.07) is 19.9. The maximum atomic E-state index is 9.46. The van der Waals surface area contributed by atoms with Crippen LogP contribution in [0.3, 0.4) is 0 Å². The SMILES string of the molecule is COc1ccc([C@H]2C[C@@H](c3ccccc3)OC(N)=C2C#N)cc1. The highest BCUT2D eigenvalue weighted by molar-refractivity contribution is 5.42. The highest BCUT2D eigenvalue weighted by atomic mass is 16.5. The van der Waals surface area contributed by atoms with Crippen molar-refractivity contribution in [1.82, 2.24) is 0 Å². The van der Waals surface area contributed by atoms with Crippen molar-refractivity contribution in [3.05, 3.63) is 77.2 Å². The van der Waals surface area contributed by atoms with Gasteiger partial charge in [0.25, 0.3) is 0 Å². The molecule has 0 saturated heterocycles. The average Bonchev–Trinajstić information content (AvgIpc) is 2.62. The molecule has 0 radical (unpaired) electrons. The van der Waals surface area contributed by atoms with E-state index in [0.29, 0.717) is 12.0 Å². The van der Waals surface area contributed by atoms with Crippen LogP contribution in [0.25, 0.3) is 0 Å². The number of rotatable bonds is 3. The summed E-state index contributed by atoms with van der Waals surface area (Å²) in [5.74, 6) is 0.925. The van der Waals surface area contributed by atoms with Gasteiger partial charge in [-0.25, -0.2) is 0 Å². The molecule has 0 bridgehead atoms. The Morgan fingerprint density at radius 1 is 1.09 bits per heavy atom. The minimum absolute atomic E-state index is 0.0788. The highest BCUT2D eigenvalue weighted by Crippen LogP contribution is 2.41. The molecule has 0 spiro atoms. The fourth-order valence-electron chi connectivity index (χ4n) is 2.91. The van der Waals surface area contributed by atoms with Gasteiger partial charge < -0.3 is 15.2 Å². The van der Waals surface area contributed by atoms with Gasteiger partial charge in [-0.3, -0.25) is 0 Å². The second-order valence-electron chi connectivity index (χ2n) is 5.47. The molecule has 2 N–H and O–H groups in total. The molecular formula is C19H18N2O2. The van der Waals surface area contributed by atoms with Gasteiger partial charge >= 0.3 is 0 Å². The topological polar surface area (TPSA) is 68.3 Å². The Labute approximate surface area is 135 Å². The molecule has 0 saturated carbocycles. The molecule has 2 aromatic rings. The van der Waals surface area contributed by atoms with Crippen LogP contribution in [0.1, 0.15) is 29.6 Å². The molecule has 0 amide bonds. The van der Waals surface area contributed by atoms with Gasteiger partial charge in [0.1, 0.15) is 17.9 Å². The summed E-state index contributed by atoms with van der Waals surface area (Å²) in [6.07, 6.45) is 0.528. The fraction of sp³-hybridized carbons (Fsp3) is 0.211. The molecule has 1 aliphatic rings. The molecular weight excluding hydrogens is 288 g/mol. The lowest BCUT2D eigenvalue weighted by Gasteiger charge is -2.31. The van der Waals surface area contributed by atoms with Crippen molar-refractivity contribution in [3.8, 4) is 11.8 Å². The summed E-state index contributed by atoms with van der Waals surface area (Å²) >= 11 is 0. The summed E-state index contributed by atoms with van der Waals surface area (Å²) in [4.78, 5) is 0.